The molecule has 0 saturated heterocycles. The number of hydrogen-bond donors (Lipinski definition) is 2. The van der Waals surface area contributed by atoms with Crippen LogP contribution >= 0.6 is 23.2 Å². The van der Waals surface area contributed by atoms with Crippen molar-refractivity contribution in [1.82, 2.24) is 5.43 Å². The molecule has 0 aliphatic heterocycles. The number of halogens is 2. The lowest BCUT2D eigenvalue weighted by molar-refractivity contribution is -0.123. The Labute approximate surface area is 90.9 Å². The van der Waals surface area contributed by atoms with E-state index in [9.17, 15) is 4.79 Å². The molecule has 0 radical (unpaired) electrons. The summed E-state index contributed by atoms with van der Waals surface area (Å²) in [5, 5.41) is 0.699. The highest BCUT2D eigenvalue weighted by atomic mass is 35.5. The average molecular weight is 235 g/mol. The van der Waals surface area contributed by atoms with E-state index in [1.165, 1.54) is 0 Å². The first-order valence-electron chi connectivity index (χ1n) is 3.71. The summed E-state index contributed by atoms with van der Waals surface area (Å²) in [4.78, 5) is 10.8. The Morgan fingerprint density at radius 1 is 1.43 bits per heavy atom. The number of ether oxygens (including phenoxy) is 1. The minimum absolute atomic E-state index is 0.222. The molecule has 0 atom stereocenters. The first kappa shape index (κ1) is 11.1. The van der Waals surface area contributed by atoms with Gasteiger partial charge in [0.2, 0.25) is 0 Å². The van der Waals surface area contributed by atoms with Crippen molar-refractivity contribution in [1.29, 1.82) is 0 Å². The molecule has 6 heteroatoms. The summed E-state index contributed by atoms with van der Waals surface area (Å²) in [6.45, 7) is -0.222. The van der Waals surface area contributed by atoms with Gasteiger partial charge in [0.1, 0.15) is 0 Å². The topological polar surface area (TPSA) is 64.3 Å². The van der Waals surface area contributed by atoms with Crippen molar-refractivity contribution >= 4 is 29.1 Å². The summed E-state index contributed by atoms with van der Waals surface area (Å²) in [6, 6.07) is 4.91. The third kappa shape index (κ3) is 2.77. The number of carbonyl (C=O) groups excluding carboxylic acids is 1. The van der Waals surface area contributed by atoms with Crippen LogP contribution in [-0.4, -0.2) is 12.5 Å². The van der Waals surface area contributed by atoms with Gasteiger partial charge in [0, 0.05) is 0 Å². The maximum Gasteiger partial charge on any atom is 0.271 e. The monoisotopic (exact) mass is 234 g/mol. The highest BCUT2D eigenvalue weighted by Gasteiger charge is 2.08. The average Bonchev–Trinajstić information content (AvgIpc) is 2.16. The Balaban J connectivity index is 2.71. The van der Waals surface area contributed by atoms with Gasteiger partial charge in [-0.05, 0) is 12.1 Å². The van der Waals surface area contributed by atoms with Gasteiger partial charge in [0.05, 0.1) is 10.0 Å². The van der Waals surface area contributed by atoms with Crippen molar-refractivity contribution in [2.45, 2.75) is 0 Å². The second-order valence-corrected chi connectivity index (χ2v) is 3.22. The maximum absolute atomic E-state index is 10.8. The van der Waals surface area contributed by atoms with E-state index in [0.717, 1.165) is 0 Å². The molecule has 76 valence electrons. The molecule has 1 rings (SSSR count). The molecule has 14 heavy (non-hydrogen) atoms. The molecule has 1 aromatic carbocycles. The van der Waals surface area contributed by atoms with Crippen LogP contribution in [0.3, 0.4) is 0 Å². The minimum atomic E-state index is -0.457. The number of para-hydroxylation sites is 1. The predicted molar refractivity (Wildman–Crippen MR) is 54.3 cm³/mol. The molecule has 0 unspecified atom stereocenters. The standard InChI is InChI=1S/C8H8Cl2N2O2/c9-5-2-1-3-6(10)8(5)14-4-7(13)12-11/h1-3H,4,11H2,(H,12,13). The maximum atomic E-state index is 10.8. The number of benzene rings is 1. The lowest BCUT2D eigenvalue weighted by Gasteiger charge is -2.08. The quantitative estimate of drug-likeness (QED) is 0.472. The van der Waals surface area contributed by atoms with Crippen LogP contribution in [0.2, 0.25) is 10.0 Å². The fourth-order valence-corrected chi connectivity index (χ4v) is 1.31. The number of hydrogen-bond acceptors (Lipinski definition) is 3. The van der Waals surface area contributed by atoms with Crippen LogP contribution in [-0.2, 0) is 4.79 Å². The van der Waals surface area contributed by atoms with Gasteiger partial charge in [0.25, 0.3) is 5.91 Å². The highest BCUT2D eigenvalue weighted by molar-refractivity contribution is 6.37. The van der Waals surface area contributed by atoms with Crippen LogP contribution in [0.25, 0.3) is 0 Å². The van der Waals surface area contributed by atoms with Gasteiger partial charge in [-0.2, -0.15) is 0 Å². The van der Waals surface area contributed by atoms with Crippen LogP contribution < -0.4 is 16.0 Å². The zero-order valence-electron chi connectivity index (χ0n) is 7.09. The summed E-state index contributed by atoms with van der Waals surface area (Å²) >= 11 is 11.6. The molecule has 0 fully saturated rings. The zero-order chi connectivity index (χ0) is 10.6. The van der Waals surface area contributed by atoms with Crippen LogP contribution in [0.5, 0.6) is 5.75 Å². The second kappa shape index (κ2) is 5.05. The van der Waals surface area contributed by atoms with Crippen molar-refractivity contribution in [3.63, 3.8) is 0 Å². The molecule has 0 spiro atoms. The van der Waals surface area contributed by atoms with Gasteiger partial charge >= 0.3 is 0 Å². The van der Waals surface area contributed by atoms with E-state index in [1.54, 1.807) is 18.2 Å². The Bertz CT molecular complexity index is 324. The lowest BCUT2D eigenvalue weighted by atomic mass is 10.3. The van der Waals surface area contributed by atoms with E-state index in [-0.39, 0.29) is 12.4 Å². The summed E-state index contributed by atoms with van der Waals surface area (Å²) in [5.41, 5.74) is 1.92. The number of carbonyl (C=O) groups is 1. The SMILES string of the molecule is NNC(=O)COc1c(Cl)cccc1Cl. The minimum Gasteiger partial charge on any atom is -0.481 e. The molecule has 0 heterocycles. The van der Waals surface area contributed by atoms with E-state index < -0.39 is 5.91 Å². The zero-order valence-corrected chi connectivity index (χ0v) is 8.60. The van der Waals surface area contributed by atoms with Gasteiger partial charge in [-0.3, -0.25) is 10.2 Å². The smallest absolute Gasteiger partial charge is 0.271 e. The number of nitrogens with two attached hydrogens (primary N) is 1. The fourth-order valence-electron chi connectivity index (χ4n) is 0.800. The molecule has 0 aromatic heterocycles. The van der Waals surface area contributed by atoms with Gasteiger partial charge in [-0.1, -0.05) is 29.3 Å². The Morgan fingerprint density at radius 2 is 2.00 bits per heavy atom. The van der Waals surface area contributed by atoms with Crippen LogP contribution in [0.15, 0.2) is 18.2 Å². The first-order chi connectivity index (χ1) is 6.65. The molecule has 0 aliphatic rings. The van der Waals surface area contributed by atoms with Crippen molar-refractivity contribution in [3.05, 3.63) is 28.2 Å². The molecule has 0 bridgehead atoms. The molecular weight excluding hydrogens is 227 g/mol. The van der Waals surface area contributed by atoms with E-state index in [0.29, 0.717) is 10.0 Å². The van der Waals surface area contributed by atoms with Crippen molar-refractivity contribution < 1.29 is 9.53 Å². The van der Waals surface area contributed by atoms with Crippen molar-refractivity contribution in [2.75, 3.05) is 6.61 Å². The predicted octanol–water partition coefficient (Wildman–Crippen LogP) is 1.36. The highest BCUT2D eigenvalue weighted by Crippen LogP contribution is 2.32. The molecule has 0 saturated carbocycles. The number of nitrogens with one attached hydrogen (secondary N) is 1. The van der Waals surface area contributed by atoms with E-state index in [1.807, 2.05) is 5.43 Å². The van der Waals surface area contributed by atoms with E-state index in [2.05, 4.69) is 0 Å². The molecule has 1 amide bonds. The van der Waals surface area contributed by atoms with Gasteiger partial charge in [-0.15, -0.1) is 0 Å². The molecule has 3 N–H and O–H groups in total. The molecule has 1 aromatic rings. The largest absolute Gasteiger partial charge is 0.481 e. The van der Waals surface area contributed by atoms with Crippen molar-refractivity contribution in [3.8, 4) is 5.75 Å². The second-order valence-electron chi connectivity index (χ2n) is 2.41. The fraction of sp³-hybridized carbons (Fsp3) is 0.125. The molecule has 0 aliphatic carbocycles. The number of rotatable bonds is 3. The van der Waals surface area contributed by atoms with E-state index >= 15 is 0 Å². The van der Waals surface area contributed by atoms with Crippen molar-refractivity contribution in [2.24, 2.45) is 5.84 Å². The van der Waals surface area contributed by atoms with E-state index in [4.69, 9.17) is 33.8 Å². The first-order valence-corrected chi connectivity index (χ1v) is 4.47. The number of amides is 1. The number of hydrazine groups is 1. The van der Waals surface area contributed by atoms with Crippen LogP contribution in [0.1, 0.15) is 0 Å². The van der Waals surface area contributed by atoms with Gasteiger partial charge < -0.3 is 4.74 Å². The summed E-state index contributed by atoms with van der Waals surface area (Å²) in [5.74, 6) is 4.69. The van der Waals surface area contributed by atoms with Gasteiger partial charge in [-0.25, -0.2) is 5.84 Å². The Kier molecular flexibility index (Phi) is 4.00. The Hall–Kier alpha value is -0.970. The van der Waals surface area contributed by atoms with Crippen LogP contribution in [0.4, 0.5) is 0 Å². The third-order valence-electron chi connectivity index (χ3n) is 1.43. The van der Waals surface area contributed by atoms with Crippen LogP contribution in [0, 0.1) is 0 Å². The Morgan fingerprint density at radius 3 is 2.50 bits per heavy atom. The summed E-state index contributed by atoms with van der Waals surface area (Å²) in [6.07, 6.45) is 0. The normalized spacial score (nSPS) is 9.64. The lowest BCUT2D eigenvalue weighted by Crippen LogP contribution is -2.34. The summed E-state index contributed by atoms with van der Waals surface area (Å²) < 4.78 is 5.06. The molecule has 4 nitrogen and oxygen atoms in total. The summed E-state index contributed by atoms with van der Waals surface area (Å²) in [7, 11) is 0. The third-order valence-corrected chi connectivity index (χ3v) is 2.02. The van der Waals surface area contributed by atoms with Gasteiger partial charge in [0.15, 0.2) is 12.4 Å². The molecular formula is C8H8Cl2N2O2.